The summed E-state index contributed by atoms with van der Waals surface area (Å²) in [6.07, 6.45) is 125. The number of aliphatic hydroxyl groups is 2. The molecule has 0 amide bonds. The van der Waals surface area contributed by atoms with E-state index in [-0.39, 0.29) is 19.3 Å². The van der Waals surface area contributed by atoms with Gasteiger partial charge in [0.05, 0.1) is 26.4 Å². The van der Waals surface area contributed by atoms with Gasteiger partial charge in [0.15, 0.2) is 6.10 Å². The van der Waals surface area contributed by atoms with Crippen LogP contribution < -0.4 is 0 Å². The van der Waals surface area contributed by atoms with Crippen molar-refractivity contribution in [1.82, 2.24) is 0 Å². The zero-order valence-electron chi connectivity index (χ0n) is 78.1. The zero-order valence-corrected chi connectivity index (χ0v) is 79.9. The van der Waals surface area contributed by atoms with Gasteiger partial charge < -0.3 is 34.2 Å². The van der Waals surface area contributed by atoms with Crippen molar-refractivity contribution in [2.75, 3.05) is 39.6 Å². The first-order valence-corrected chi connectivity index (χ1v) is 52.4. The van der Waals surface area contributed by atoms with Gasteiger partial charge in [-0.15, -0.1) is 0 Å². The van der Waals surface area contributed by atoms with Crippen molar-refractivity contribution in [3.63, 3.8) is 0 Å². The van der Waals surface area contributed by atoms with Crippen molar-refractivity contribution in [1.29, 1.82) is 0 Å². The lowest BCUT2D eigenvalue weighted by Crippen LogP contribution is -2.30. The maximum atomic E-state index is 13.1. The van der Waals surface area contributed by atoms with Gasteiger partial charge in [0.25, 0.3) is 0 Å². The molecule has 5 unspecified atom stereocenters. The fraction of sp³-hybridized carbons (Fsp3) is 0.705. The van der Waals surface area contributed by atoms with E-state index in [2.05, 4.69) is 191 Å². The van der Waals surface area contributed by atoms with E-state index < -0.39 is 91.5 Å². The summed E-state index contributed by atoms with van der Waals surface area (Å²) in [6, 6.07) is 0. The molecule has 5 atom stereocenters. The molecule has 0 aliphatic carbocycles. The van der Waals surface area contributed by atoms with Crippen molar-refractivity contribution in [3.8, 4) is 0 Å². The van der Waals surface area contributed by atoms with E-state index in [4.69, 9.17) is 32.3 Å². The highest BCUT2D eigenvalue weighted by Gasteiger charge is 2.30. The summed E-state index contributed by atoms with van der Waals surface area (Å²) in [6.45, 7) is 2.49. The van der Waals surface area contributed by atoms with Gasteiger partial charge in [0.2, 0.25) is 0 Å². The molecule has 0 aliphatic heterocycles. The number of hydrogen-bond acceptors (Lipinski definition) is 14. The summed E-state index contributed by atoms with van der Waals surface area (Å²) in [5, 5.41) is 20.8. The Hall–Kier alpha value is -5.09. The summed E-state index contributed by atoms with van der Waals surface area (Å²) in [4.78, 5) is 59.2. The van der Waals surface area contributed by atoms with Crippen LogP contribution in [0, 0.1) is 0 Å². The molecule has 0 radical (unpaired) electrons. The lowest BCUT2D eigenvalue weighted by Gasteiger charge is -2.21. The molecule has 16 nitrogen and oxygen atoms in total. The summed E-state index contributed by atoms with van der Waals surface area (Å²) in [5.41, 5.74) is 0. The molecule has 0 heterocycles. The number of carbonyl (C=O) groups excluding carboxylic acids is 3. The van der Waals surface area contributed by atoms with Crippen LogP contribution in [0.5, 0.6) is 0 Å². The molecule has 0 fully saturated rings. The van der Waals surface area contributed by atoms with E-state index in [9.17, 15) is 43.5 Å². The first-order chi connectivity index (χ1) is 60.2. The van der Waals surface area contributed by atoms with Gasteiger partial charge in [-0.05, 0) is 154 Å². The number of rotatable bonds is 93. The van der Waals surface area contributed by atoms with Crippen LogP contribution in [0.4, 0.5) is 0 Å². The number of hydrogen-bond donors (Lipinski definition) is 4. The van der Waals surface area contributed by atoms with Gasteiger partial charge in [-0.2, -0.15) is 0 Å². The van der Waals surface area contributed by atoms with Gasteiger partial charge in [0, 0.05) is 19.3 Å². The van der Waals surface area contributed by atoms with Crippen molar-refractivity contribution in [2.24, 2.45) is 0 Å². The standard InChI is InChI=1S/C105H180O16P2/c1-4-7-10-13-16-19-22-25-28-31-34-37-40-43-45-47-49-51-53-56-58-61-64-67-70-73-76-79-82-85-88-91-103(108)115-94-100(106)95-117-122(111,112)118-96-101(107)97-119-123(113,114)120-99-102(121-105(110)93-90-87-84-81-78-75-72-69-66-63-60-55-42-39-36-33-30-27-24-21-18-15-12-9-6-3)98-116-104(109)92-89-86-83-80-77-74-71-68-65-62-59-57-54-52-50-48-46-44-41-38-35-32-29-26-23-20-17-14-11-8-5-2/h7-8,10-11,16-21,25-30,34-39,43-46,55,60,100-102,106-107H,4-6,9,12-15,22-24,31-33,40-42,47-54,56-59,61-99H2,1-3H3,(H,111,112)(H,113,114)/b10-7-,11-8-,19-16-,20-17-,21-18-,28-25-,29-26-,30-27-,37-34-,38-35-,39-36-,45-43-,46-44-,60-55-. The largest absolute Gasteiger partial charge is 0.472 e. The minimum absolute atomic E-state index is 0.0949. The van der Waals surface area contributed by atoms with Crippen LogP contribution in [0.2, 0.25) is 0 Å². The normalized spacial score (nSPS) is 14.4. The monoisotopic (exact) mass is 1760 g/mol. The summed E-state index contributed by atoms with van der Waals surface area (Å²) < 4.78 is 61.6. The first-order valence-electron chi connectivity index (χ1n) is 49.4. The smallest absolute Gasteiger partial charge is 0.463 e. The summed E-state index contributed by atoms with van der Waals surface area (Å²) in [5.74, 6) is -1.57. The quantitative estimate of drug-likeness (QED) is 0.0146. The van der Waals surface area contributed by atoms with Crippen molar-refractivity contribution < 1.29 is 75.8 Å². The molecule has 0 aromatic heterocycles. The molecule has 0 saturated heterocycles. The molecular weight excluding hydrogens is 1580 g/mol. The van der Waals surface area contributed by atoms with E-state index in [0.717, 1.165) is 154 Å². The van der Waals surface area contributed by atoms with Gasteiger partial charge >= 0.3 is 33.6 Å². The highest BCUT2D eigenvalue weighted by molar-refractivity contribution is 7.47. The minimum Gasteiger partial charge on any atom is -0.463 e. The third-order valence-corrected chi connectivity index (χ3v) is 22.8. The second kappa shape index (κ2) is 96.0. The van der Waals surface area contributed by atoms with E-state index >= 15 is 0 Å². The first kappa shape index (κ1) is 118. The average Bonchev–Trinajstić information content (AvgIpc) is 0.898. The second-order valence-corrected chi connectivity index (χ2v) is 35.7. The summed E-state index contributed by atoms with van der Waals surface area (Å²) >= 11 is 0. The Balaban J connectivity index is 4.62. The van der Waals surface area contributed by atoms with Crippen LogP contribution in [0.3, 0.4) is 0 Å². The molecule has 0 aliphatic rings. The highest BCUT2D eigenvalue weighted by Crippen LogP contribution is 2.45. The maximum absolute atomic E-state index is 13.1. The van der Waals surface area contributed by atoms with E-state index in [1.165, 1.54) is 205 Å². The SMILES string of the molecule is CC/C=C\C/C=C\C/C=C\C/C=C\C/C=C\CCCCCCCCCCCCCCCCCC(=O)OCC(O)COP(=O)(O)OCC(O)COP(=O)(O)OCC(COC(=O)CCCCCCCCCCCCCCCCC/C=C\C/C=C\C/C=C\C/C=C\C/C=C\CC)OC(=O)CCCCCCCCCCC/C=C\C/C=C\C/C=C\C/C=C\CCCCC. The minimum atomic E-state index is -4.95. The van der Waals surface area contributed by atoms with Crippen LogP contribution in [-0.4, -0.2) is 95.9 Å². The van der Waals surface area contributed by atoms with Gasteiger partial charge in [-0.25, -0.2) is 9.13 Å². The molecule has 0 aromatic carbocycles. The Bertz CT molecular complexity index is 2920. The third-order valence-electron chi connectivity index (χ3n) is 20.9. The number of ether oxygens (including phenoxy) is 3. The van der Waals surface area contributed by atoms with Crippen LogP contribution in [-0.2, 0) is 55.8 Å². The number of carbonyl (C=O) groups is 3. The number of esters is 3. The van der Waals surface area contributed by atoms with E-state index in [1.807, 2.05) is 0 Å². The van der Waals surface area contributed by atoms with Gasteiger partial charge in [-0.3, -0.25) is 32.5 Å². The molecule has 4 N–H and O–H groups in total. The number of allylic oxidation sites excluding steroid dienone is 28. The van der Waals surface area contributed by atoms with Gasteiger partial charge in [-0.1, -0.05) is 416 Å². The average molecular weight is 1760 g/mol. The number of unbranched alkanes of at least 4 members (excludes halogenated alkanes) is 42. The summed E-state index contributed by atoms with van der Waals surface area (Å²) in [7, 11) is -9.82. The number of phosphoric ester groups is 2. The lowest BCUT2D eigenvalue weighted by atomic mass is 10.0. The Morgan fingerprint density at radius 2 is 0.431 bits per heavy atom. The molecule has 0 rings (SSSR count). The van der Waals surface area contributed by atoms with Crippen LogP contribution >= 0.6 is 15.6 Å². The molecule has 18 heteroatoms. The van der Waals surface area contributed by atoms with Crippen LogP contribution in [0.1, 0.15) is 419 Å². The Morgan fingerprint density at radius 1 is 0.236 bits per heavy atom. The fourth-order valence-electron chi connectivity index (χ4n) is 13.5. The topological polar surface area (TPSA) is 231 Å². The fourth-order valence-corrected chi connectivity index (χ4v) is 15.1. The number of aliphatic hydroxyl groups excluding tert-OH is 2. The number of phosphoric acid groups is 2. The van der Waals surface area contributed by atoms with Crippen LogP contribution in [0.15, 0.2) is 170 Å². The lowest BCUT2D eigenvalue weighted by molar-refractivity contribution is -0.161. The van der Waals surface area contributed by atoms with Crippen molar-refractivity contribution in [2.45, 2.75) is 437 Å². The Morgan fingerprint density at radius 3 is 0.683 bits per heavy atom. The molecule has 706 valence electrons. The third kappa shape index (κ3) is 97.4. The molecule has 0 aromatic rings. The molecule has 0 spiro atoms. The molecule has 123 heavy (non-hydrogen) atoms. The zero-order chi connectivity index (χ0) is 89.3. The predicted octanol–water partition coefficient (Wildman–Crippen LogP) is 31.0. The van der Waals surface area contributed by atoms with E-state index in [0.29, 0.717) is 19.3 Å². The molecule has 0 saturated carbocycles. The van der Waals surface area contributed by atoms with Crippen molar-refractivity contribution in [3.05, 3.63) is 170 Å². The molecule has 0 bridgehead atoms. The Kier molecular flexibility index (Phi) is 92.0. The van der Waals surface area contributed by atoms with E-state index in [1.54, 1.807) is 0 Å². The van der Waals surface area contributed by atoms with Crippen molar-refractivity contribution >= 4 is 33.6 Å². The predicted molar refractivity (Wildman–Crippen MR) is 519 cm³/mol. The van der Waals surface area contributed by atoms with Crippen LogP contribution in [0.25, 0.3) is 0 Å². The van der Waals surface area contributed by atoms with Gasteiger partial charge in [0.1, 0.15) is 25.4 Å². The second-order valence-electron chi connectivity index (χ2n) is 32.8. The maximum Gasteiger partial charge on any atom is 0.472 e. The molecular formula is C105H180O16P2. The highest BCUT2D eigenvalue weighted by atomic mass is 31.2. The Labute approximate surface area is 752 Å².